The number of amides is 2. The second-order valence-corrected chi connectivity index (χ2v) is 7.91. The number of benzene rings is 1. The van der Waals surface area contributed by atoms with E-state index in [1.807, 2.05) is 0 Å². The molecule has 2 fully saturated rings. The zero-order chi connectivity index (χ0) is 18.9. The molecule has 2 heterocycles. The van der Waals surface area contributed by atoms with Gasteiger partial charge in [0.1, 0.15) is 0 Å². The van der Waals surface area contributed by atoms with Crippen LogP contribution in [0.2, 0.25) is 0 Å². The summed E-state index contributed by atoms with van der Waals surface area (Å²) in [7, 11) is -2.48. The van der Waals surface area contributed by atoms with Crippen molar-refractivity contribution >= 4 is 28.0 Å². The number of hydrogen-bond acceptors (Lipinski definition) is 7. The van der Waals surface area contributed by atoms with Crippen molar-refractivity contribution in [2.75, 3.05) is 26.8 Å². The summed E-state index contributed by atoms with van der Waals surface area (Å²) < 4.78 is 36.1. The number of ether oxygens (including phenoxy) is 2. The number of carbonyl (C=O) groups excluding carboxylic acids is 3. The molecule has 0 aromatic heterocycles. The third-order valence-corrected chi connectivity index (χ3v) is 6.40. The predicted molar refractivity (Wildman–Crippen MR) is 87.8 cm³/mol. The van der Waals surface area contributed by atoms with Crippen molar-refractivity contribution in [1.29, 1.82) is 0 Å². The van der Waals surface area contributed by atoms with Gasteiger partial charge in [-0.15, -0.1) is 0 Å². The molecule has 1 aromatic carbocycles. The van der Waals surface area contributed by atoms with E-state index in [1.54, 1.807) is 0 Å². The van der Waals surface area contributed by atoms with Crippen LogP contribution in [0.5, 0.6) is 0 Å². The molecule has 1 aromatic rings. The SMILES string of the molecule is COC(=O)c1ccc(S(=O)(=O)N2CCC(N3C(=O)COC3=O)CC2)cc1. The zero-order valence-electron chi connectivity index (χ0n) is 14.1. The van der Waals surface area contributed by atoms with Gasteiger partial charge in [-0.05, 0) is 37.1 Å². The fourth-order valence-electron chi connectivity index (χ4n) is 3.09. The third kappa shape index (κ3) is 3.29. The van der Waals surface area contributed by atoms with Crippen molar-refractivity contribution in [3.63, 3.8) is 0 Å². The molecule has 9 nitrogen and oxygen atoms in total. The Balaban J connectivity index is 1.69. The fourth-order valence-corrected chi connectivity index (χ4v) is 4.56. The van der Waals surface area contributed by atoms with Gasteiger partial charge in [0.2, 0.25) is 10.0 Å². The number of rotatable bonds is 4. The van der Waals surface area contributed by atoms with Gasteiger partial charge in [-0.2, -0.15) is 4.31 Å². The summed E-state index contributed by atoms with van der Waals surface area (Å²) >= 11 is 0. The molecule has 0 radical (unpaired) electrons. The summed E-state index contributed by atoms with van der Waals surface area (Å²) in [5.74, 6) is -0.938. The maximum atomic E-state index is 12.7. The van der Waals surface area contributed by atoms with Crippen molar-refractivity contribution in [2.45, 2.75) is 23.8 Å². The molecule has 140 valence electrons. The summed E-state index contributed by atoms with van der Waals surface area (Å²) in [6.07, 6.45) is 0.0235. The molecule has 2 amide bonds. The lowest BCUT2D eigenvalue weighted by molar-refractivity contribution is -0.127. The Morgan fingerprint density at radius 2 is 1.77 bits per heavy atom. The number of esters is 1. The molecule has 0 spiro atoms. The van der Waals surface area contributed by atoms with Crippen LogP contribution in [-0.4, -0.2) is 68.4 Å². The largest absolute Gasteiger partial charge is 0.465 e. The molecule has 0 N–H and O–H groups in total. The second-order valence-electron chi connectivity index (χ2n) is 5.97. The Morgan fingerprint density at radius 3 is 2.27 bits per heavy atom. The van der Waals surface area contributed by atoms with Crippen LogP contribution < -0.4 is 0 Å². The molecular formula is C16H18N2O7S. The number of carbonyl (C=O) groups is 3. The molecular weight excluding hydrogens is 364 g/mol. The topological polar surface area (TPSA) is 110 Å². The molecule has 2 aliphatic rings. The van der Waals surface area contributed by atoms with E-state index in [0.29, 0.717) is 12.8 Å². The first kappa shape index (κ1) is 18.3. The first-order valence-corrected chi connectivity index (χ1v) is 9.46. The lowest BCUT2D eigenvalue weighted by Gasteiger charge is -2.33. The minimum absolute atomic E-state index is 0.0697. The highest BCUT2D eigenvalue weighted by atomic mass is 32.2. The van der Waals surface area contributed by atoms with Crippen LogP contribution in [0.4, 0.5) is 4.79 Å². The van der Waals surface area contributed by atoms with Gasteiger partial charge in [-0.25, -0.2) is 22.9 Å². The van der Waals surface area contributed by atoms with E-state index < -0.39 is 28.0 Å². The Hall–Kier alpha value is -2.46. The molecule has 3 rings (SSSR count). The molecule has 0 aliphatic carbocycles. The first-order valence-electron chi connectivity index (χ1n) is 8.02. The molecule has 10 heteroatoms. The molecule has 2 saturated heterocycles. The molecule has 26 heavy (non-hydrogen) atoms. The predicted octanol–water partition coefficient (Wildman–Crippen LogP) is 0.605. The van der Waals surface area contributed by atoms with Gasteiger partial charge >= 0.3 is 12.1 Å². The van der Waals surface area contributed by atoms with Crippen LogP contribution in [0.25, 0.3) is 0 Å². The van der Waals surface area contributed by atoms with Gasteiger partial charge in [0, 0.05) is 19.1 Å². The summed E-state index contributed by atoms with van der Waals surface area (Å²) in [6.45, 7) is 0.107. The van der Waals surface area contributed by atoms with Crippen LogP contribution in [0.1, 0.15) is 23.2 Å². The van der Waals surface area contributed by atoms with Gasteiger partial charge in [0.15, 0.2) is 6.61 Å². The number of cyclic esters (lactones) is 1. The lowest BCUT2D eigenvalue weighted by atomic mass is 10.1. The zero-order valence-corrected chi connectivity index (χ0v) is 14.9. The van der Waals surface area contributed by atoms with Crippen molar-refractivity contribution in [1.82, 2.24) is 9.21 Å². The van der Waals surface area contributed by atoms with Crippen LogP contribution in [0.15, 0.2) is 29.2 Å². The highest BCUT2D eigenvalue weighted by Crippen LogP contribution is 2.25. The number of piperidine rings is 1. The van der Waals surface area contributed by atoms with Crippen LogP contribution in [0, 0.1) is 0 Å². The van der Waals surface area contributed by atoms with Crippen LogP contribution >= 0.6 is 0 Å². The van der Waals surface area contributed by atoms with E-state index in [-0.39, 0.29) is 36.2 Å². The standard InChI is InChI=1S/C16H18N2O7S/c1-24-15(20)11-2-4-13(5-3-11)26(22,23)17-8-6-12(7-9-17)18-14(19)10-25-16(18)21/h2-5,12H,6-10H2,1H3. The minimum atomic E-state index is -3.72. The van der Waals surface area contributed by atoms with E-state index in [2.05, 4.69) is 4.74 Å². The normalized spacial score (nSPS) is 19.5. The minimum Gasteiger partial charge on any atom is -0.465 e. The quantitative estimate of drug-likeness (QED) is 0.702. The molecule has 0 bridgehead atoms. The summed E-state index contributed by atoms with van der Waals surface area (Å²) in [4.78, 5) is 35.9. The van der Waals surface area contributed by atoms with Crippen LogP contribution in [-0.2, 0) is 24.3 Å². The average Bonchev–Trinajstić information content (AvgIpc) is 2.99. The average molecular weight is 382 g/mol. The Bertz CT molecular complexity index is 811. The number of nitrogens with zero attached hydrogens (tertiary/aromatic N) is 2. The molecule has 0 atom stereocenters. The monoisotopic (exact) mass is 382 g/mol. The summed E-state index contributed by atoms with van der Waals surface area (Å²) in [5.41, 5.74) is 0.260. The van der Waals surface area contributed by atoms with Crippen molar-refractivity contribution < 1.29 is 32.3 Å². The highest BCUT2D eigenvalue weighted by molar-refractivity contribution is 7.89. The van der Waals surface area contributed by atoms with E-state index in [9.17, 15) is 22.8 Å². The number of sulfonamides is 1. The van der Waals surface area contributed by atoms with Gasteiger partial charge in [0.25, 0.3) is 5.91 Å². The maximum Gasteiger partial charge on any atom is 0.417 e. The lowest BCUT2D eigenvalue weighted by Crippen LogP contribution is -2.48. The highest BCUT2D eigenvalue weighted by Gasteiger charge is 2.40. The maximum absolute atomic E-state index is 12.7. The summed E-state index contributed by atoms with van der Waals surface area (Å²) in [6, 6.07) is 5.14. The Labute approximate surface area is 150 Å². The Morgan fingerprint density at radius 1 is 1.15 bits per heavy atom. The second kappa shape index (κ2) is 7.04. The smallest absolute Gasteiger partial charge is 0.417 e. The van der Waals surface area contributed by atoms with E-state index in [0.717, 1.165) is 4.90 Å². The first-order chi connectivity index (χ1) is 12.3. The Kier molecular flexibility index (Phi) is 4.97. The van der Waals surface area contributed by atoms with E-state index in [4.69, 9.17) is 4.74 Å². The van der Waals surface area contributed by atoms with Crippen LogP contribution in [0.3, 0.4) is 0 Å². The number of hydrogen-bond donors (Lipinski definition) is 0. The van der Waals surface area contributed by atoms with Gasteiger partial charge < -0.3 is 9.47 Å². The number of imide groups is 1. The third-order valence-electron chi connectivity index (χ3n) is 4.49. The number of methoxy groups -OCH3 is 1. The van der Waals surface area contributed by atoms with Gasteiger partial charge in [-0.3, -0.25) is 4.79 Å². The molecule has 2 aliphatic heterocycles. The van der Waals surface area contributed by atoms with E-state index in [1.165, 1.54) is 35.7 Å². The molecule has 0 unspecified atom stereocenters. The van der Waals surface area contributed by atoms with Gasteiger partial charge in [0.05, 0.1) is 17.6 Å². The van der Waals surface area contributed by atoms with Crippen molar-refractivity contribution in [3.8, 4) is 0 Å². The van der Waals surface area contributed by atoms with E-state index >= 15 is 0 Å². The molecule has 0 saturated carbocycles. The van der Waals surface area contributed by atoms with Crippen molar-refractivity contribution in [3.05, 3.63) is 29.8 Å². The summed E-state index contributed by atoms with van der Waals surface area (Å²) in [5, 5.41) is 0. The fraction of sp³-hybridized carbons (Fsp3) is 0.438. The van der Waals surface area contributed by atoms with Crippen molar-refractivity contribution in [2.24, 2.45) is 0 Å². The van der Waals surface area contributed by atoms with Gasteiger partial charge in [-0.1, -0.05) is 0 Å².